The van der Waals surface area contributed by atoms with Crippen molar-refractivity contribution in [2.24, 2.45) is 11.8 Å². The van der Waals surface area contributed by atoms with Gasteiger partial charge in [0.25, 0.3) is 0 Å². The number of nitrogens with one attached hydrogen (secondary N) is 2. The van der Waals surface area contributed by atoms with E-state index in [2.05, 4.69) is 47.9 Å². The lowest BCUT2D eigenvalue weighted by Gasteiger charge is -2.33. The van der Waals surface area contributed by atoms with Crippen LogP contribution in [0.3, 0.4) is 0 Å². The normalized spacial score (nSPS) is 32.4. The van der Waals surface area contributed by atoms with Gasteiger partial charge >= 0.3 is 0 Å². The highest BCUT2D eigenvalue weighted by molar-refractivity contribution is 5.79. The van der Waals surface area contributed by atoms with Crippen LogP contribution in [0.15, 0.2) is 30.3 Å². The predicted molar refractivity (Wildman–Crippen MR) is 89.7 cm³/mol. The standard InChI is InChI=1S/C19H28N2O/c1-14-11-12-20-13-18(14)21-19(22)17-9-7-16(8-10-17)15-5-3-2-4-6-15/h2-6,14,16-18,20H,7-13H2,1H3,(H,21,22). The first-order valence-electron chi connectivity index (χ1n) is 8.80. The summed E-state index contributed by atoms with van der Waals surface area (Å²) < 4.78 is 0. The van der Waals surface area contributed by atoms with Gasteiger partial charge in [-0.15, -0.1) is 0 Å². The average molecular weight is 300 g/mol. The maximum atomic E-state index is 12.5. The third-order valence-corrected chi connectivity index (χ3v) is 5.52. The number of hydrogen-bond acceptors (Lipinski definition) is 2. The van der Waals surface area contributed by atoms with E-state index in [0.29, 0.717) is 17.9 Å². The van der Waals surface area contributed by atoms with Crippen molar-refractivity contribution in [1.29, 1.82) is 0 Å². The summed E-state index contributed by atoms with van der Waals surface area (Å²) in [6.07, 6.45) is 5.49. The molecule has 1 aliphatic heterocycles. The number of piperidine rings is 1. The Bertz CT molecular complexity index is 479. The first-order chi connectivity index (χ1) is 10.7. The van der Waals surface area contributed by atoms with Crippen molar-refractivity contribution < 1.29 is 4.79 Å². The Morgan fingerprint density at radius 1 is 1.09 bits per heavy atom. The molecule has 2 N–H and O–H groups in total. The lowest BCUT2D eigenvalue weighted by molar-refractivity contribution is -0.127. The van der Waals surface area contributed by atoms with Crippen molar-refractivity contribution in [3.05, 3.63) is 35.9 Å². The average Bonchev–Trinajstić information content (AvgIpc) is 2.58. The molecule has 1 aliphatic carbocycles. The second-order valence-corrected chi connectivity index (χ2v) is 7.04. The smallest absolute Gasteiger partial charge is 0.223 e. The minimum Gasteiger partial charge on any atom is -0.352 e. The maximum Gasteiger partial charge on any atom is 0.223 e. The number of rotatable bonds is 3. The third-order valence-electron chi connectivity index (χ3n) is 5.52. The molecule has 2 aliphatic rings. The quantitative estimate of drug-likeness (QED) is 0.901. The van der Waals surface area contributed by atoms with Crippen LogP contribution < -0.4 is 10.6 Å². The van der Waals surface area contributed by atoms with E-state index in [1.54, 1.807) is 0 Å². The number of carbonyl (C=O) groups is 1. The summed E-state index contributed by atoms with van der Waals surface area (Å²) in [4.78, 5) is 12.5. The number of amides is 1. The molecular weight excluding hydrogens is 272 g/mol. The van der Waals surface area contributed by atoms with Crippen LogP contribution in [0.1, 0.15) is 50.5 Å². The highest BCUT2D eigenvalue weighted by Crippen LogP contribution is 2.35. The monoisotopic (exact) mass is 300 g/mol. The van der Waals surface area contributed by atoms with Gasteiger partial charge in [0.15, 0.2) is 0 Å². The van der Waals surface area contributed by atoms with E-state index < -0.39 is 0 Å². The summed E-state index contributed by atoms with van der Waals surface area (Å²) in [6.45, 7) is 4.25. The third kappa shape index (κ3) is 3.70. The van der Waals surface area contributed by atoms with Crippen molar-refractivity contribution in [3.63, 3.8) is 0 Å². The molecular formula is C19H28N2O. The highest BCUT2D eigenvalue weighted by atomic mass is 16.1. The van der Waals surface area contributed by atoms with Crippen LogP contribution >= 0.6 is 0 Å². The first kappa shape index (κ1) is 15.5. The summed E-state index contributed by atoms with van der Waals surface area (Å²) in [5.41, 5.74) is 1.44. The van der Waals surface area contributed by atoms with Gasteiger partial charge in [0.1, 0.15) is 0 Å². The maximum absolute atomic E-state index is 12.5. The molecule has 1 aromatic rings. The van der Waals surface area contributed by atoms with Gasteiger partial charge in [-0.2, -0.15) is 0 Å². The molecule has 3 rings (SSSR count). The Kier molecular flexibility index (Phi) is 5.14. The second-order valence-electron chi connectivity index (χ2n) is 7.04. The van der Waals surface area contributed by atoms with E-state index in [-0.39, 0.29) is 11.8 Å². The molecule has 1 saturated heterocycles. The Hall–Kier alpha value is -1.35. The SMILES string of the molecule is CC1CCNCC1NC(=O)C1CCC(c2ccccc2)CC1. The summed E-state index contributed by atoms with van der Waals surface area (Å²) in [5.74, 6) is 1.73. The highest BCUT2D eigenvalue weighted by Gasteiger charge is 2.30. The van der Waals surface area contributed by atoms with Crippen molar-refractivity contribution in [2.45, 2.75) is 51.0 Å². The van der Waals surface area contributed by atoms with Crippen LogP contribution in [0.5, 0.6) is 0 Å². The molecule has 0 spiro atoms. The van der Waals surface area contributed by atoms with Crippen LogP contribution in [-0.4, -0.2) is 25.0 Å². The minimum absolute atomic E-state index is 0.217. The topological polar surface area (TPSA) is 41.1 Å². The number of carbonyl (C=O) groups excluding carboxylic acids is 1. The van der Waals surface area contributed by atoms with Crippen LogP contribution in [0, 0.1) is 11.8 Å². The molecule has 3 heteroatoms. The molecule has 2 atom stereocenters. The largest absolute Gasteiger partial charge is 0.352 e. The summed E-state index contributed by atoms with van der Waals surface area (Å²) in [5, 5.41) is 6.68. The lowest BCUT2D eigenvalue weighted by Crippen LogP contribution is -2.51. The zero-order valence-corrected chi connectivity index (χ0v) is 13.6. The first-order valence-corrected chi connectivity index (χ1v) is 8.80. The fraction of sp³-hybridized carbons (Fsp3) is 0.632. The molecule has 1 amide bonds. The van der Waals surface area contributed by atoms with Crippen molar-refractivity contribution in [3.8, 4) is 0 Å². The molecule has 2 unspecified atom stereocenters. The second kappa shape index (κ2) is 7.28. The van der Waals surface area contributed by atoms with E-state index in [1.807, 2.05) is 0 Å². The van der Waals surface area contributed by atoms with Gasteiger partial charge < -0.3 is 10.6 Å². The van der Waals surface area contributed by atoms with E-state index in [4.69, 9.17) is 0 Å². The molecule has 120 valence electrons. The van der Waals surface area contributed by atoms with Crippen LogP contribution in [-0.2, 0) is 4.79 Å². The lowest BCUT2D eigenvalue weighted by atomic mass is 9.78. The van der Waals surface area contributed by atoms with E-state index in [9.17, 15) is 4.79 Å². The molecule has 2 fully saturated rings. The van der Waals surface area contributed by atoms with E-state index >= 15 is 0 Å². The van der Waals surface area contributed by atoms with Crippen LogP contribution in [0.25, 0.3) is 0 Å². The van der Waals surface area contributed by atoms with Crippen molar-refractivity contribution in [2.75, 3.05) is 13.1 Å². The van der Waals surface area contributed by atoms with Crippen molar-refractivity contribution >= 4 is 5.91 Å². The van der Waals surface area contributed by atoms with E-state index in [0.717, 1.165) is 45.2 Å². The van der Waals surface area contributed by atoms with Gasteiger partial charge in [0, 0.05) is 18.5 Å². The summed E-state index contributed by atoms with van der Waals surface area (Å²) in [7, 11) is 0. The Morgan fingerprint density at radius 3 is 2.50 bits per heavy atom. The zero-order chi connectivity index (χ0) is 15.4. The molecule has 1 saturated carbocycles. The van der Waals surface area contributed by atoms with Gasteiger partial charge in [-0.25, -0.2) is 0 Å². The molecule has 0 bridgehead atoms. The molecule has 3 nitrogen and oxygen atoms in total. The van der Waals surface area contributed by atoms with Crippen LogP contribution in [0.4, 0.5) is 0 Å². The predicted octanol–water partition coefficient (Wildman–Crippen LogP) is 3.07. The Balaban J connectivity index is 1.49. The van der Waals surface area contributed by atoms with Crippen LogP contribution in [0.2, 0.25) is 0 Å². The van der Waals surface area contributed by atoms with Gasteiger partial charge in [0.2, 0.25) is 5.91 Å². The zero-order valence-electron chi connectivity index (χ0n) is 13.6. The fourth-order valence-corrected chi connectivity index (χ4v) is 3.90. The van der Waals surface area contributed by atoms with Gasteiger partial charge in [0.05, 0.1) is 0 Å². The fourth-order valence-electron chi connectivity index (χ4n) is 3.90. The summed E-state index contributed by atoms with van der Waals surface area (Å²) >= 11 is 0. The van der Waals surface area contributed by atoms with Gasteiger partial charge in [-0.3, -0.25) is 4.79 Å². The van der Waals surface area contributed by atoms with Gasteiger partial charge in [-0.1, -0.05) is 37.3 Å². The van der Waals surface area contributed by atoms with Gasteiger partial charge in [-0.05, 0) is 56.0 Å². The Morgan fingerprint density at radius 2 is 1.82 bits per heavy atom. The Labute approximate surface area is 133 Å². The molecule has 0 radical (unpaired) electrons. The summed E-state index contributed by atoms with van der Waals surface area (Å²) in [6, 6.07) is 11.1. The molecule has 1 heterocycles. The molecule has 1 aromatic carbocycles. The molecule has 0 aromatic heterocycles. The van der Waals surface area contributed by atoms with E-state index in [1.165, 1.54) is 5.56 Å². The molecule has 22 heavy (non-hydrogen) atoms. The number of hydrogen-bond donors (Lipinski definition) is 2. The minimum atomic E-state index is 0.217. The van der Waals surface area contributed by atoms with Crippen molar-refractivity contribution in [1.82, 2.24) is 10.6 Å². The number of benzene rings is 1.